The molecule has 0 aliphatic rings. The zero-order valence-corrected chi connectivity index (χ0v) is 14.1. The number of ether oxygens (including phenoxy) is 2. The molecule has 0 spiro atoms. The van der Waals surface area contributed by atoms with E-state index in [1.165, 1.54) is 7.11 Å². The Kier molecular flexibility index (Phi) is 4.98. The molecule has 0 bridgehead atoms. The SMILES string of the molecule is COC(=O)c1cc(C)c(OC(=O)c2ccc(Br)cc2)c(C)c1. The van der Waals surface area contributed by atoms with Gasteiger partial charge >= 0.3 is 11.9 Å². The van der Waals surface area contributed by atoms with E-state index in [1.54, 1.807) is 50.2 Å². The van der Waals surface area contributed by atoms with Crippen molar-refractivity contribution < 1.29 is 19.1 Å². The van der Waals surface area contributed by atoms with Crippen LogP contribution in [0.3, 0.4) is 0 Å². The Morgan fingerprint density at radius 1 is 0.909 bits per heavy atom. The molecule has 0 aliphatic carbocycles. The molecular formula is C17H15BrO4. The normalized spacial score (nSPS) is 10.2. The second kappa shape index (κ2) is 6.75. The van der Waals surface area contributed by atoms with E-state index in [4.69, 9.17) is 9.47 Å². The van der Waals surface area contributed by atoms with Gasteiger partial charge in [0.15, 0.2) is 0 Å². The maximum absolute atomic E-state index is 12.2. The molecule has 0 saturated carbocycles. The number of hydrogen-bond donors (Lipinski definition) is 0. The molecule has 4 nitrogen and oxygen atoms in total. The van der Waals surface area contributed by atoms with Crippen molar-refractivity contribution in [1.29, 1.82) is 0 Å². The van der Waals surface area contributed by atoms with Gasteiger partial charge in [0.1, 0.15) is 5.75 Å². The minimum atomic E-state index is -0.440. The molecule has 0 aromatic heterocycles. The third kappa shape index (κ3) is 3.54. The van der Waals surface area contributed by atoms with Gasteiger partial charge in [-0.3, -0.25) is 0 Å². The number of methoxy groups -OCH3 is 1. The summed E-state index contributed by atoms with van der Waals surface area (Å²) in [6.45, 7) is 3.56. The lowest BCUT2D eigenvalue weighted by molar-refractivity contribution is 0.0600. The van der Waals surface area contributed by atoms with E-state index in [1.807, 2.05) is 0 Å². The predicted octanol–water partition coefficient (Wildman–Crippen LogP) is 4.07. The second-order valence-corrected chi connectivity index (χ2v) is 5.74. The van der Waals surface area contributed by atoms with Gasteiger partial charge in [0, 0.05) is 4.47 Å². The summed E-state index contributed by atoms with van der Waals surface area (Å²) in [6.07, 6.45) is 0. The van der Waals surface area contributed by atoms with Crippen LogP contribution in [-0.2, 0) is 4.74 Å². The van der Waals surface area contributed by atoms with Gasteiger partial charge in [-0.05, 0) is 61.4 Å². The summed E-state index contributed by atoms with van der Waals surface area (Å²) in [7, 11) is 1.33. The van der Waals surface area contributed by atoms with Crippen molar-refractivity contribution in [2.45, 2.75) is 13.8 Å². The molecule has 2 aromatic carbocycles. The van der Waals surface area contributed by atoms with E-state index >= 15 is 0 Å². The monoisotopic (exact) mass is 362 g/mol. The summed E-state index contributed by atoms with van der Waals surface area (Å²) in [4.78, 5) is 23.7. The van der Waals surface area contributed by atoms with Crippen molar-refractivity contribution in [3.8, 4) is 5.75 Å². The van der Waals surface area contributed by atoms with Gasteiger partial charge in [-0.25, -0.2) is 9.59 Å². The molecule has 0 fully saturated rings. The predicted molar refractivity (Wildman–Crippen MR) is 86.4 cm³/mol. The van der Waals surface area contributed by atoms with Gasteiger partial charge in [-0.2, -0.15) is 0 Å². The highest BCUT2D eigenvalue weighted by Gasteiger charge is 2.15. The molecule has 0 aliphatic heterocycles. The molecule has 0 atom stereocenters. The first-order valence-corrected chi connectivity index (χ1v) is 7.39. The van der Waals surface area contributed by atoms with Crippen molar-refractivity contribution in [3.05, 3.63) is 63.1 Å². The van der Waals surface area contributed by atoms with Crippen LogP contribution in [0.15, 0.2) is 40.9 Å². The molecule has 5 heteroatoms. The van der Waals surface area contributed by atoms with Crippen molar-refractivity contribution in [3.63, 3.8) is 0 Å². The third-order valence-corrected chi connectivity index (χ3v) is 3.68. The van der Waals surface area contributed by atoms with Crippen LogP contribution in [0.1, 0.15) is 31.8 Å². The van der Waals surface area contributed by atoms with Crippen LogP contribution in [0.2, 0.25) is 0 Å². The highest BCUT2D eigenvalue weighted by molar-refractivity contribution is 9.10. The minimum Gasteiger partial charge on any atom is -0.465 e. The van der Waals surface area contributed by atoms with Crippen molar-refractivity contribution in [2.24, 2.45) is 0 Å². The average Bonchev–Trinajstić information content (AvgIpc) is 2.50. The third-order valence-electron chi connectivity index (χ3n) is 3.16. The topological polar surface area (TPSA) is 52.6 Å². The first-order valence-electron chi connectivity index (χ1n) is 6.59. The van der Waals surface area contributed by atoms with Gasteiger partial charge in [-0.15, -0.1) is 0 Å². The fourth-order valence-electron chi connectivity index (χ4n) is 2.08. The highest BCUT2D eigenvalue weighted by Crippen LogP contribution is 2.26. The molecular weight excluding hydrogens is 348 g/mol. The summed E-state index contributed by atoms with van der Waals surface area (Å²) in [6, 6.07) is 10.2. The summed E-state index contributed by atoms with van der Waals surface area (Å²) < 4.78 is 11.0. The van der Waals surface area contributed by atoms with E-state index in [2.05, 4.69) is 15.9 Å². The Morgan fingerprint density at radius 3 is 1.95 bits per heavy atom. The van der Waals surface area contributed by atoms with Crippen LogP contribution in [-0.4, -0.2) is 19.0 Å². The molecule has 2 rings (SSSR count). The van der Waals surface area contributed by atoms with Gasteiger partial charge in [0.2, 0.25) is 0 Å². The Morgan fingerprint density at radius 2 is 1.45 bits per heavy atom. The fourth-order valence-corrected chi connectivity index (χ4v) is 2.35. The zero-order valence-electron chi connectivity index (χ0n) is 12.5. The van der Waals surface area contributed by atoms with Crippen LogP contribution in [0, 0.1) is 13.8 Å². The highest BCUT2D eigenvalue weighted by atomic mass is 79.9. The zero-order chi connectivity index (χ0) is 16.3. The Bertz CT molecular complexity index is 697. The van der Waals surface area contributed by atoms with E-state index < -0.39 is 11.9 Å². The van der Waals surface area contributed by atoms with E-state index in [0.29, 0.717) is 28.0 Å². The van der Waals surface area contributed by atoms with Crippen LogP contribution in [0.5, 0.6) is 5.75 Å². The van der Waals surface area contributed by atoms with E-state index in [-0.39, 0.29) is 0 Å². The lowest BCUT2D eigenvalue weighted by Crippen LogP contribution is -2.11. The van der Waals surface area contributed by atoms with E-state index in [9.17, 15) is 9.59 Å². The quantitative estimate of drug-likeness (QED) is 0.609. The number of aryl methyl sites for hydroxylation is 2. The molecule has 22 heavy (non-hydrogen) atoms. The Balaban J connectivity index is 2.28. The standard InChI is InChI=1S/C17H15BrO4/c1-10-8-13(16(19)21-3)9-11(2)15(10)22-17(20)12-4-6-14(18)7-5-12/h4-9H,1-3H3. The summed E-state index contributed by atoms with van der Waals surface area (Å²) in [5.74, 6) is -0.401. The number of rotatable bonds is 3. The van der Waals surface area contributed by atoms with Gasteiger partial charge in [0.05, 0.1) is 18.2 Å². The van der Waals surface area contributed by atoms with Gasteiger partial charge < -0.3 is 9.47 Å². The molecule has 0 heterocycles. The molecule has 0 saturated heterocycles. The van der Waals surface area contributed by atoms with Crippen molar-refractivity contribution in [1.82, 2.24) is 0 Å². The lowest BCUT2D eigenvalue weighted by Gasteiger charge is -2.12. The molecule has 2 aromatic rings. The number of benzene rings is 2. The smallest absolute Gasteiger partial charge is 0.343 e. The lowest BCUT2D eigenvalue weighted by atomic mass is 10.1. The molecule has 0 unspecified atom stereocenters. The van der Waals surface area contributed by atoms with Crippen LogP contribution in [0.25, 0.3) is 0 Å². The summed E-state index contributed by atoms with van der Waals surface area (Å²) in [5, 5.41) is 0. The van der Waals surface area contributed by atoms with Crippen molar-refractivity contribution >= 4 is 27.9 Å². The van der Waals surface area contributed by atoms with Crippen molar-refractivity contribution in [2.75, 3.05) is 7.11 Å². The minimum absolute atomic E-state index is 0.419. The average molecular weight is 363 g/mol. The summed E-state index contributed by atoms with van der Waals surface area (Å²) in [5.41, 5.74) is 2.29. The van der Waals surface area contributed by atoms with Crippen LogP contribution in [0.4, 0.5) is 0 Å². The maximum atomic E-state index is 12.2. The molecule has 0 radical (unpaired) electrons. The Labute approximate surface area is 137 Å². The molecule has 0 amide bonds. The summed E-state index contributed by atoms with van der Waals surface area (Å²) >= 11 is 3.32. The fraction of sp³-hybridized carbons (Fsp3) is 0.176. The van der Waals surface area contributed by atoms with Gasteiger partial charge in [-0.1, -0.05) is 15.9 Å². The van der Waals surface area contributed by atoms with Crippen LogP contribution >= 0.6 is 15.9 Å². The maximum Gasteiger partial charge on any atom is 0.343 e. The Hall–Kier alpha value is -2.14. The number of carbonyl (C=O) groups excluding carboxylic acids is 2. The second-order valence-electron chi connectivity index (χ2n) is 4.83. The number of esters is 2. The molecule has 114 valence electrons. The van der Waals surface area contributed by atoms with Crippen LogP contribution < -0.4 is 4.74 Å². The van der Waals surface area contributed by atoms with E-state index in [0.717, 1.165) is 4.47 Å². The number of halogens is 1. The molecule has 0 N–H and O–H groups in total. The number of carbonyl (C=O) groups is 2. The first kappa shape index (κ1) is 16.2. The largest absolute Gasteiger partial charge is 0.465 e. The number of hydrogen-bond acceptors (Lipinski definition) is 4. The first-order chi connectivity index (χ1) is 10.4. The van der Waals surface area contributed by atoms with Gasteiger partial charge in [0.25, 0.3) is 0 Å².